The van der Waals surface area contributed by atoms with Gasteiger partial charge < -0.3 is 5.73 Å². The summed E-state index contributed by atoms with van der Waals surface area (Å²) in [7, 11) is -3.88. The Labute approximate surface area is 168 Å². The molecule has 0 atom stereocenters. The zero-order valence-corrected chi connectivity index (χ0v) is 16.1. The molecule has 6 nitrogen and oxygen atoms in total. The van der Waals surface area contributed by atoms with Gasteiger partial charge in [0, 0.05) is 34.1 Å². The number of sulfonamides is 1. The van der Waals surface area contributed by atoms with Gasteiger partial charge in [-0.25, -0.2) is 8.42 Å². The topological polar surface area (TPSA) is 109 Å². The largest absolute Gasteiger partial charge is 0.398 e. The lowest BCUT2D eigenvalue weighted by Crippen LogP contribution is -2.15. The van der Waals surface area contributed by atoms with Crippen LogP contribution >= 0.6 is 0 Å². The highest BCUT2D eigenvalue weighted by Crippen LogP contribution is 2.26. The van der Waals surface area contributed by atoms with Gasteiger partial charge in [-0.15, -0.1) is 0 Å². The summed E-state index contributed by atoms with van der Waals surface area (Å²) in [5, 5.41) is 9.18. The van der Waals surface area contributed by atoms with E-state index in [-0.39, 0.29) is 10.6 Å². The summed E-state index contributed by atoms with van der Waals surface area (Å²) in [6.45, 7) is 0. The number of nitrogens with one attached hydrogen (secondary N) is 2. The number of benzene rings is 3. The summed E-state index contributed by atoms with van der Waals surface area (Å²) in [4.78, 5) is 4.31. The molecule has 0 unspecified atom stereocenters. The molecule has 29 heavy (non-hydrogen) atoms. The van der Waals surface area contributed by atoms with Crippen molar-refractivity contribution >= 4 is 38.0 Å². The third-order valence-electron chi connectivity index (χ3n) is 4.52. The highest BCUT2D eigenvalue weighted by Gasteiger charge is 2.19. The van der Waals surface area contributed by atoms with Crippen molar-refractivity contribution in [3.8, 4) is 0 Å². The Balaban J connectivity index is 1.72. The summed E-state index contributed by atoms with van der Waals surface area (Å²) in [5.41, 5.74) is 8.53. The second kappa shape index (κ2) is 7.37. The number of aromatic nitrogens is 1. The van der Waals surface area contributed by atoms with E-state index in [1.54, 1.807) is 48.7 Å². The van der Waals surface area contributed by atoms with Gasteiger partial charge in [0.15, 0.2) is 0 Å². The monoisotopic (exact) mass is 402 g/mol. The van der Waals surface area contributed by atoms with Crippen molar-refractivity contribution in [2.45, 2.75) is 4.90 Å². The minimum atomic E-state index is -3.88. The number of anilines is 2. The van der Waals surface area contributed by atoms with E-state index in [9.17, 15) is 8.42 Å². The van der Waals surface area contributed by atoms with Crippen LogP contribution in [0.25, 0.3) is 10.9 Å². The maximum Gasteiger partial charge on any atom is 0.264 e. The Hall–Kier alpha value is -3.71. The zero-order chi connectivity index (χ0) is 20.4. The first-order valence-electron chi connectivity index (χ1n) is 8.86. The smallest absolute Gasteiger partial charge is 0.264 e. The van der Waals surface area contributed by atoms with Crippen LogP contribution in [0.1, 0.15) is 11.1 Å². The van der Waals surface area contributed by atoms with E-state index in [1.807, 2.05) is 30.3 Å². The molecule has 4 aromatic rings. The standard InChI is InChI=1S/C22H18N4O2S/c23-19-12-11-17(14-18(19)21(24)15-6-2-1-3-7-15)26-29(27,28)20-10-4-8-16-9-5-13-25-22(16)20/h1-14,24,26H,23H2. The highest BCUT2D eigenvalue weighted by molar-refractivity contribution is 7.93. The minimum absolute atomic E-state index is 0.0899. The van der Waals surface area contributed by atoms with Crippen LogP contribution in [0.2, 0.25) is 0 Å². The molecule has 1 heterocycles. The molecule has 3 aromatic carbocycles. The average Bonchev–Trinajstić information content (AvgIpc) is 2.74. The zero-order valence-electron chi connectivity index (χ0n) is 15.3. The van der Waals surface area contributed by atoms with Crippen LogP contribution in [-0.4, -0.2) is 19.1 Å². The number of nitrogen functional groups attached to an aromatic ring is 1. The van der Waals surface area contributed by atoms with Crippen LogP contribution in [0.4, 0.5) is 11.4 Å². The summed E-state index contributed by atoms with van der Waals surface area (Å²) in [6, 6.07) is 22.4. The molecule has 0 saturated carbocycles. The Morgan fingerprint density at radius 1 is 0.931 bits per heavy atom. The second-order valence-electron chi connectivity index (χ2n) is 6.48. The van der Waals surface area contributed by atoms with Crippen molar-refractivity contribution in [1.29, 1.82) is 5.41 Å². The van der Waals surface area contributed by atoms with E-state index in [1.165, 1.54) is 6.07 Å². The molecule has 4 rings (SSSR count). The van der Waals surface area contributed by atoms with Crippen LogP contribution < -0.4 is 10.5 Å². The number of fused-ring (bicyclic) bond motifs is 1. The second-order valence-corrected chi connectivity index (χ2v) is 8.13. The Bertz CT molecular complexity index is 1310. The van der Waals surface area contributed by atoms with Crippen molar-refractivity contribution in [2.24, 2.45) is 0 Å². The highest BCUT2D eigenvalue weighted by atomic mass is 32.2. The number of pyridine rings is 1. The predicted molar refractivity (Wildman–Crippen MR) is 116 cm³/mol. The lowest BCUT2D eigenvalue weighted by atomic mass is 10.0. The van der Waals surface area contributed by atoms with E-state index < -0.39 is 10.0 Å². The molecular weight excluding hydrogens is 384 g/mol. The fourth-order valence-corrected chi connectivity index (χ4v) is 4.33. The molecule has 144 valence electrons. The number of para-hydroxylation sites is 1. The van der Waals surface area contributed by atoms with Gasteiger partial charge in [-0.05, 0) is 30.3 Å². The fraction of sp³-hybridized carbons (Fsp3) is 0. The lowest BCUT2D eigenvalue weighted by Gasteiger charge is -2.13. The Morgan fingerprint density at radius 2 is 1.69 bits per heavy atom. The predicted octanol–water partition coefficient (Wildman–Crippen LogP) is 4.03. The number of rotatable bonds is 5. The molecule has 0 bridgehead atoms. The van der Waals surface area contributed by atoms with Crippen LogP contribution in [0, 0.1) is 5.41 Å². The summed E-state index contributed by atoms with van der Waals surface area (Å²) < 4.78 is 28.6. The molecule has 0 aliphatic rings. The van der Waals surface area contributed by atoms with E-state index in [0.717, 1.165) is 5.39 Å². The van der Waals surface area contributed by atoms with Crippen molar-refractivity contribution < 1.29 is 8.42 Å². The molecule has 4 N–H and O–H groups in total. The molecule has 0 radical (unpaired) electrons. The van der Waals surface area contributed by atoms with Crippen LogP contribution in [-0.2, 0) is 10.0 Å². The van der Waals surface area contributed by atoms with E-state index in [0.29, 0.717) is 28.0 Å². The fourth-order valence-electron chi connectivity index (χ4n) is 3.10. The lowest BCUT2D eigenvalue weighted by molar-refractivity contribution is 0.602. The first kappa shape index (κ1) is 18.6. The van der Waals surface area contributed by atoms with Gasteiger partial charge >= 0.3 is 0 Å². The van der Waals surface area contributed by atoms with Gasteiger partial charge in [0.1, 0.15) is 4.90 Å². The third-order valence-corrected chi connectivity index (χ3v) is 5.94. The number of nitrogens with two attached hydrogens (primary N) is 1. The van der Waals surface area contributed by atoms with Gasteiger partial charge in [-0.3, -0.25) is 15.1 Å². The normalized spacial score (nSPS) is 11.3. The van der Waals surface area contributed by atoms with Gasteiger partial charge in [-0.2, -0.15) is 0 Å². The summed E-state index contributed by atoms with van der Waals surface area (Å²) >= 11 is 0. The maximum atomic E-state index is 13.0. The molecule has 0 spiro atoms. The molecule has 0 amide bonds. The molecule has 0 saturated heterocycles. The van der Waals surface area contributed by atoms with Crippen LogP contribution in [0.5, 0.6) is 0 Å². The molecule has 0 aliphatic heterocycles. The minimum Gasteiger partial charge on any atom is -0.398 e. The summed E-state index contributed by atoms with van der Waals surface area (Å²) in [6.07, 6.45) is 1.56. The van der Waals surface area contributed by atoms with Gasteiger partial charge in [0.2, 0.25) is 0 Å². The Kier molecular flexibility index (Phi) is 4.74. The molecule has 0 aliphatic carbocycles. The quantitative estimate of drug-likeness (QED) is 0.346. The first-order valence-corrected chi connectivity index (χ1v) is 10.3. The maximum absolute atomic E-state index is 13.0. The molecule has 0 fully saturated rings. The van der Waals surface area contributed by atoms with E-state index >= 15 is 0 Å². The van der Waals surface area contributed by atoms with Crippen LogP contribution in [0.15, 0.2) is 90.0 Å². The number of hydrogen-bond acceptors (Lipinski definition) is 5. The average molecular weight is 402 g/mol. The first-order chi connectivity index (χ1) is 14.0. The SMILES string of the molecule is N=C(c1ccccc1)c1cc(NS(=O)(=O)c2cccc3cccnc23)ccc1N. The van der Waals surface area contributed by atoms with Crippen molar-refractivity contribution in [2.75, 3.05) is 10.5 Å². The van der Waals surface area contributed by atoms with E-state index in [4.69, 9.17) is 11.1 Å². The third kappa shape index (κ3) is 3.68. The van der Waals surface area contributed by atoms with Gasteiger partial charge in [0.05, 0.1) is 11.2 Å². The van der Waals surface area contributed by atoms with Crippen molar-refractivity contribution in [3.05, 3.63) is 96.2 Å². The number of nitrogens with zero attached hydrogens (tertiary/aromatic N) is 1. The Morgan fingerprint density at radius 3 is 2.48 bits per heavy atom. The van der Waals surface area contributed by atoms with E-state index in [2.05, 4.69) is 9.71 Å². The molecule has 7 heteroatoms. The summed E-state index contributed by atoms with van der Waals surface area (Å²) in [5.74, 6) is 0. The van der Waals surface area contributed by atoms with Crippen LogP contribution in [0.3, 0.4) is 0 Å². The van der Waals surface area contributed by atoms with Gasteiger partial charge in [-0.1, -0.05) is 48.5 Å². The van der Waals surface area contributed by atoms with Gasteiger partial charge in [0.25, 0.3) is 10.0 Å². The number of hydrogen-bond donors (Lipinski definition) is 3. The molecular formula is C22H18N4O2S. The molecule has 1 aromatic heterocycles. The van der Waals surface area contributed by atoms with Crippen molar-refractivity contribution in [3.63, 3.8) is 0 Å². The van der Waals surface area contributed by atoms with Crippen molar-refractivity contribution in [1.82, 2.24) is 4.98 Å².